The van der Waals surface area contributed by atoms with Gasteiger partial charge in [0, 0.05) is 12.6 Å². The first-order valence-electron chi connectivity index (χ1n) is 10.2. The van der Waals surface area contributed by atoms with E-state index in [0.717, 1.165) is 11.4 Å². The van der Waals surface area contributed by atoms with Crippen LogP contribution in [-0.4, -0.2) is 32.9 Å². The predicted octanol–water partition coefficient (Wildman–Crippen LogP) is 3.35. The summed E-state index contributed by atoms with van der Waals surface area (Å²) < 4.78 is 9.05. The van der Waals surface area contributed by atoms with Gasteiger partial charge >= 0.3 is 0 Å². The van der Waals surface area contributed by atoms with E-state index in [1.54, 1.807) is 17.1 Å². The molecule has 0 radical (unpaired) electrons. The SMILES string of the molecule is COc1cn(-c2cnn(C(C)C3CC3)c2)nc(C2CC=NN2c2ccccc2)c1=O. The molecule has 3 aromatic rings. The molecule has 1 fully saturated rings. The van der Waals surface area contributed by atoms with Gasteiger partial charge in [0.05, 0.1) is 37.4 Å². The Morgan fingerprint density at radius 2 is 1.93 bits per heavy atom. The zero-order valence-corrected chi connectivity index (χ0v) is 17.0. The van der Waals surface area contributed by atoms with Crippen molar-refractivity contribution >= 4 is 11.9 Å². The molecule has 1 aromatic carbocycles. The molecule has 8 heteroatoms. The van der Waals surface area contributed by atoms with E-state index in [1.807, 2.05) is 52.4 Å². The highest BCUT2D eigenvalue weighted by Crippen LogP contribution is 2.39. The first-order valence-corrected chi connectivity index (χ1v) is 10.2. The molecule has 3 heterocycles. The van der Waals surface area contributed by atoms with Crippen molar-refractivity contribution < 1.29 is 4.74 Å². The molecule has 0 bridgehead atoms. The van der Waals surface area contributed by atoms with Crippen molar-refractivity contribution in [2.45, 2.75) is 38.3 Å². The Labute approximate surface area is 174 Å². The van der Waals surface area contributed by atoms with Crippen molar-refractivity contribution in [3.8, 4) is 11.4 Å². The third-order valence-electron chi connectivity index (χ3n) is 5.87. The molecule has 1 saturated carbocycles. The maximum absolute atomic E-state index is 13.1. The second-order valence-electron chi connectivity index (χ2n) is 7.84. The van der Waals surface area contributed by atoms with Crippen LogP contribution in [0.3, 0.4) is 0 Å². The van der Waals surface area contributed by atoms with Crippen molar-refractivity contribution in [1.29, 1.82) is 0 Å². The molecule has 154 valence electrons. The van der Waals surface area contributed by atoms with Gasteiger partial charge in [0.1, 0.15) is 17.4 Å². The largest absolute Gasteiger partial charge is 0.491 e. The summed E-state index contributed by atoms with van der Waals surface area (Å²) in [5, 5.41) is 15.5. The van der Waals surface area contributed by atoms with Gasteiger partial charge in [-0.1, -0.05) is 18.2 Å². The number of aromatic nitrogens is 4. The zero-order valence-electron chi connectivity index (χ0n) is 17.0. The second-order valence-corrected chi connectivity index (χ2v) is 7.84. The topological polar surface area (TPSA) is 77.5 Å². The quantitative estimate of drug-likeness (QED) is 0.630. The summed E-state index contributed by atoms with van der Waals surface area (Å²) in [6.45, 7) is 2.19. The fourth-order valence-corrected chi connectivity index (χ4v) is 3.92. The number of nitrogens with zero attached hydrogens (tertiary/aromatic N) is 6. The van der Waals surface area contributed by atoms with Gasteiger partial charge < -0.3 is 4.74 Å². The summed E-state index contributed by atoms with van der Waals surface area (Å²) in [4.78, 5) is 13.1. The molecule has 2 unspecified atom stereocenters. The van der Waals surface area contributed by atoms with Crippen LogP contribution in [0.1, 0.15) is 44.0 Å². The lowest BCUT2D eigenvalue weighted by Gasteiger charge is -2.23. The van der Waals surface area contributed by atoms with E-state index in [0.29, 0.717) is 24.1 Å². The number of methoxy groups -OCH3 is 1. The van der Waals surface area contributed by atoms with Crippen LogP contribution in [0.5, 0.6) is 5.75 Å². The summed E-state index contributed by atoms with van der Waals surface area (Å²) in [5.74, 6) is 0.947. The van der Waals surface area contributed by atoms with Gasteiger partial charge in [-0.25, -0.2) is 4.68 Å². The summed E-state index contributed by atoms with van der Waals surface area (Å²) in [6.07, 6.45) is 10.3. The minimum atomic E-state index is -0.290. The van der Waals surface area contributed by atoms with Gasteiger partial charge in [-0.05, 0) is 37.8 Å². The normalized spacial score (nSPS) is 19.3. The maximum atomic E-state index is 13.1. The Kier molecular flexibility index (Phi) is 4.61. The molecular formula is C22H24N6O2. The van der Waals surface area contributed by atoms with Gasteiger partial charge in [-0.15, -0.1) is 0 Å². The molecule has 2 aromatic heterocycles. The number of rotatable bonds is 6. The number of hydrogen-bond donors (Lipinski definition) is 0. The Balaban J connectivity index is 1.54. The lowest BCUT2D eigenvalue weighted by Crippen LogP contribution is -2.28. The van der Waals surface area contributed by atoms with E-state index in [-0.39, 0.29) is 17.2 Å². The van der Waals surface area contributed by atoms with E-state index in [2.05, 4.69) is 17.1 Å². The van der Waals surface area contributed by atoms with Crippen molar-refractivity contribution in [1.82, 2.24) is 19.6 Å². The molecule has 1 aliphatic carbocycles. The molecule has 0 saturated heterocycles. The standard InChI is InChI=1S/C22H24N6O2/c1-15(16-8-9-16)26-13-18(12-24-26)27-14-20(30-2)22(29)21(25-27)19-10-11-23-28(19)17-6-4-3-5-7-17/h3-7,11-16,19H,8-10H2,1-2H3. The van der Waals surface area contributed by atoms with Crippen molar-refractivity contribution in [3.05, 3.63) is 64.8 Å². The summed E-state index contributed by atoms with van der Waals surface area (Å²) in [6, 6.07) is 9.86. The summed E-state index contributed by atoms with van der Waals surface area (Å²) in [5.41, 5.74) is 1.90. The second kappa shape index (κ2) is 7.44. The Morgan fingerprint density at radius 1 is 1.13 bits per heavy atom. The van der Waals surface area contributed by atoms with Gasteiger partial charge in [0.25, 0.3) is 0 Å². The van der Waals surface area contributed by atoms with Crippen molar-refractivity contribution in [2.24, 2.45) is 11.0 Å². The highest BCUT2D eigenvalue weighted by atomic mass is 16.5. The van der Waals surface area contributed by atoms with Crippen LogP contribution >= 0.6 is 0 Å². The average Bonchev–Trinajstić information content (AvgIpc) is 3.31. The molecule has 0 amide bonds. The predicted molar refractivity (Wildman–Crippen MR) is 114 cm³/mol. The average molecular weight is 404 g/mol. The van der Waals surface area contributed by atoms with E-state index in [9.17, 15) is 4.79 Å². The number of benzene rings is 1. The molecular weight excluding hydrogens is 380 g/mol. The monoisotopic (exact) mass is 404 g/mol. The van der Waals surface area contributed by atoms with E-state index >= 15 is 0 Å². The van der Waals surface area contributed by atoms with Crippen LogP contribution in [-0.2, 0) is 0 Å². The molecule has 5 rings (SSSR count). The summed E-state index contributed by atoms with van der Waals surface area (Å²) in [7, 11) is 1.50. The molecule has 2 aliphatic rings. The third-order valence-corrected chi connectivity index (χ3v) is 5.87. The van der Waals surface area contributed by atoms with Gasteiger partial charge in [-0.3, -0.25) is 14.5 Å². The van der Waals surface area contributed by atoms with Gasteiger partial charge in [0.2, 0.25) is 5.43 Å². The minimum Gasteiger partial charge on any atom is -0.491 e. The van der Waals surface area contributed by atoms with Crippen LogP contribution in [0.2, 0.25) is 0 Å². The van der Waals surface area contributed by atoms with Crippen LogP contribution < -0.4 is 15.2 Å². The highest BCUT2D eigenvalue weighted by molar-refractivity contribution is 5.67. The van der Waals surface area contributed by atoms with E-state index < -0.39 is 0 Å². The van der Waals surface area contributed by atoms with Crippen LogP contribution in [0.15, 0.2) is 58.8 Å². The van der Waals surface area contributed by atoms with E-state index in [1.165, 1.54) is 20.0 Å². The van der Waals surface area contributed by atoms with Gasteiger partial charge in [0.15, 0.2) is 5.75 Å². The van der Waals surface area contributed by atoms with Gasteiger partial charge in [-0.2, -0.15) is 15.3 Å². The molecule has 2 atom stereocenters. The first-order chi connectivity index (χ1) is 14.7. The number of ether oxygens (including phenoxy) is 1. The molecule has 30 heavy (non-hydrogen) atoms. The maximum Gasteiger partial charge on any atom is 0.247 e. The fraction of sp³-hybridized carbons (Fsp3) is 0.364. The Hall–Kier alpha value is -3.42. The van der Waals surface area contributed by atoms with Crippen molar-refractivity contribution in [2.75, 3.05) is 12.1 Å². The minimum absolute atomic E-state index is 0.219. The number of para-hydroxylation sites is 1. The summed E-state index contributed by atoms with van der Waals surface area (Å²) >= 11 is 0. The highest BCUT2D eigenvalue weighted by Gasteiger charge is 2.31. The van der Waals surface area contributed by atoms with Crippen LogP contribution in [0.25, 0.3) is 5.69 Å². The zero-order chi connectivity index (χ0) is 20.7. The molecule has 8 nitrogen and oxygen atoms in total. The molecule has 1 aliphatic heterocycles. The molecule has 0 spiro atoms. The molecule has 0 N–H and O–H groups in total. The fourth-order valence-electron chi connectivity index (χ4n) is 3.92. The number of hydrogen-bond acceptors (Lipinski definition) is 6. The van der Waals surface area contributed by atoms with Crippen LogP contribution in [0.4, 0.5) is 5.69 Å². The Morgan fingerprint density at radius 3 is 2.67 bits per heavy atom. The lowest BCUT2D eigenvalue weighted by atomic mass is 10.1. The Bertz CT molecular complexity index is 1130. The van der Waals surface area contributed by atoms with Crippen LogP contribution in [0, 0.1) is 5.92 Å². The number of anilines is 1. The van der Waals surface area contributed by atoms with Crippen molar-refractivity contribution in [3.63, 3.8) is 0 Å². The third kappa shape index (κ3) is 3.28. The number of hydrazone groups is 1. The van der Waals surface area contributed by atoms with E-state index in [4.69, 9.17) is 9.84 Å². The first kappa shape index (κ1) is 18.6. The smallest absolute Gasteiger partial charge is 0.247 e. The lowest BCUT2D eigenvalue weighted by molar-refractivity contribution is 0.402.